The molecule has 150 valence electrons. The van der Waals surface area contributed by atoms with Gasteiger partial charge in [-0.1, -0.05) is 18.2 Å². The Labute approximate surface area is 171 Å². The van der Waals surface area contributed by atoms with Gasteiger partial charge in [0, 0.05) is 16.9 Å². The molecule has 2 aromatic carbocycles. The summed E-state index contributed by atoms with van der Waals surface area (Å²) in [5.74, 6) is -0.401. The van der Waals surface area contributed by atoms with Gasteiger partial charge in [-0.25, -0.2) is 8.42 Å². The van der Waals surface area contributed by atoms with Crippen molar-refractivity contribution in [3.63, 3.8) is 0 Å². The second-order valence-corrected chi connectivity index (χ2v) is 8.69. The maximum Gasteiger partial charge on any atom is 0.262 e. The van der Waals surface area contributed by atoms with E-state index in [1.165, 1.54) is 6.07 Å². The largest absolute Gasteiger partial charge is 0.321 e. The van der Waals surface area contributed by atoms with Crippen LogP contribution in [0.3, 0.4) is 0 Å². The lowest BCUT2D eigenvalue weighted by Gasteiger charge is -2.13. The number of nitrogens with one attached hydrogen (secondary N) is 2. The number of anilines is 2. The minimum atomic E-state index is -3.84. The van der Waals surface area contributed by atoms with Gasteiger partial charge in [0.1, 0.15) is 0 Å². The Kier molecular flexibility index (Phi) is 5.70. The van der Waals surface area contributed by atoms with E-state index in [0.29, 0.717) is 16.9 Å². The summed E-state index contributed by atoms with van der Waals surface area (Å²) < 4.78 is 28.4. The summed E-state index contributed by atoms with van der Waals surface area (Å²) in [6.45, 7) is 7.38. The predicted molar refractivity (Wildman–Crippen MR) is 115 cm³/mol. The molecular weight excluding hydrogens is 386 g/mol. The van der Waals surface area contributed by atoms with Crippen molar-refractivity contribution < 1.29 is 13.2 Å². The Bertz CT molecular complexity index is 1190. The van der Waals surface area contributed by atoms with Gasteiger partial charge in [0.25, 0.3) is 15.9 Å². The summed E-state index contributed by atoms with van der Waals surface area (Å²) in [4.78, 5) is 16.9. The fourth-order valence-corrected chi connectivity index (χ4v) is 4.19. The number of benzene rings is 2. The summed E-state index contributed by atoms with van der Waals surface area (Å²) in [5.41, 5.74) is 4.61. The Hall–Kier alpha value is -3.19. The minimum absolute atomic E-state index is 0.0601. The van der Waals surface area contributed by atoms with Crippen LogP contribution in [0.5, 0.6) is 0 Å². The SMILES string of the molecule is Cc1cccc(NS(=O)(=O)c2cc(C(=O)Nc3cnc(C)c(C)c3)ccc2C)c1. The maximum atomic E-state index is 12.9. The Morgan fingerprint density at radius 2 is 1.66 bits per heavy atom. The van der Waals surface area contributed by atoms with Crippen molar-refractivity contribution in [1.29, 1.82) is 0 Å². The third kappa shape index (κ3) is 4.81. The molecule has 0 aliphatic heterocycles. The lowest BCUT2D eigenvalue weighted by molar-refractivity contribution is 0.102. The minimum Gasteiger partial charge on any atom is -0.321 e. The highest BCUT2D eigenvalue weighted by Crippen LogP contribution is 2.22. The number of aryl methyl sites for hydroxylation is 4. The third-order valence-electron chi connectivity index (χ3n) is 4.61. The number of sulfonamides is 1. The van der Waals surface area contributed by atoms with Crippen molar-refractivity contribution >= 4 is 27.3 Å². The van der Waals surface area contributed by atoms with Gasteiger partial charge in [-0.3, -0.25) is 14.5 Å². The smallest absolute Gasteiger partial charge is 0.262 e. The molecular formula is C22H23N3O3S. The molecule has 0 radical (unpaired) electrons. The standard InChI is InChI=1S/C22H23N3O3S/c1-14-6-5-7-19(10-14)25-29(27,28)21-12-18(9-8-15(21)2)22(26)24-20-11-16(3)17(4)23-13-20/h5-13,25H,1-4H3,(H,24,26). The van der Waals surface area contributed by atoms with Crippen molar-refractivity contribution in [1.82, 2.24) is 4.98 Å². The molecule has 0 fully saturated rings. The summed E-state index contributed by atoms with van der Waals surface area (Å²) >= 11 is 0. The van der Waals surface area contributed by atoms with E-state index >= 15 is 0 Å². The van der Waals surface area contributed by atoms with Gasteiger partial charge in [-0.05, 0) is 74.7 Å². The van der Waals surface area contributed by atoms with Crippen LogP contribution in [0, 0.1) is 27.7 Å². The second kappa shape index (κ2) is 8.05. The fraction of sp³-hybridized carbons (Fsp3) is 0.182. The van der Waals surface area contributed by atoms with E-state index in [0.717, 1.165) is 16.8 Å². The number of hydrogen-bond acceptors (Lipinski definition) is 4. The van der Waals surface area contributed by atoms with Crippen LogP contribution in [0.4, 0.5) is 11.4 Å². The van der Waals surface area contributed by atoms with Crippen LogP contribution in [0.15, 0.2) is 59.6 Å². The number of pyridine rings is 1. The molecule has 3 rings (SSSR count). The molecule has 0 unspecified atom stereocenters. The Morgan fingerprint density at radius 1 is 0.897 bits per heavy atom. The van der Waals surface area contributed by atoms with Crippen molar-refractivity contribution in [2.75, 3.05) is 10.0 Å². The van der Waals surface area contributed by atoms with Gasteiger partial charge in [0.05, 0.1) is 16.8 Å². The van der Waals surface area contributed by atoms with E-state index in [4.69, 9.17) is 0 Å². The van der Waals surface area contributed by atoms with Crippen LogP contribution in [0.1, 0.15) is 32.7 Å². The molecule has 0 aliphatic carbocycles. The normalized spacial score (nSPS) is 11.2. The summed E-state index contributed by atoms with van der Waals surface area (Å²) in [5, 5.41) is 2.76. The average molecular weight is 410 g/mol. The molecule has 6 nitrogen and oxygen atoms in total. The van der Waals surface area contributed by atoms with Crippen molar-refractivity contribution in [2.45, 2.75) is 32.6 Å². The first-order valence-corrected chi connectivity index (χ1v) is 10.6. The number of nitrogens with zero attached hydrogens (tertiary/aromatic N) is 1. The zero-order valence-corrected chi connectivity index (χ0v) is 17.6. The highest BCUT2D eigenvalue weighted by atomic mass is 32.2. The molecule has 2 N–H and O–H groups in total. The zero-order chi connectivity index (χ0) is 21.2. The van der Waals surface area contributed by atoms with Gasteiger partial charge in [-0.15, -0.1) is 0 Å². The molecule has 0 atom stereocenters. The summed E-state index contributed by atoms with van der Waals surface area (Å²) in [7, 11) is -3.84. The summed E-state index contributed by atoms with van der Waals surface area (Å²) in [6.07, 6.45) is 1.57. The van der Waals surface area contributed by atoms with E-state index in [1.807, 2.05) is 32.9 Å². The van der Waals surface area contributed by atoms with Crippen LogP contribution >= 0.6 is 0 Å². The van der Waals surface area contributed by atoms with Gasteiger partial charge in [-0.2, -0.15) is 0 Å². The maximum absolute atomic E-state index is 12.9. The number of aromatic nitrogens is 1. The van der Waals surface area contributed by atoms with Crippen molar-refractivity contribution in [3.8, 4) is 0 Å². The first-order valence-electron chi connectivity index (χ1n) is 9.10. The molecule has 1 heterocycles. The quantitative estimate of drug-likeness (QED) is 0.655. The number of carbonyl (C=O) groups excluding carboxylic acids is 1. The molecule has 1 aromatic heterocycles. The van der Waals surface area contributed by atoms with E-state index in [1.54, 1.807) is 43.5 Å². The number of hydrogen-bond donors (Lipinski definition) is 2. The molecule has 0 saturated carbocycles. The first kappa shape index (κ1) is 20.5. The van der Waals surface area contributed by atoms with Crippen LogP contribution in [0.2, 0.25) is 0 Å². The number of carbonyl (C=O) groups is 1. The van der Waals surface area contributed by atoms with Crippen LogP contribution < -0.4 is 10.0 Å². The lowest BCUT2D eigenvalue weighted by atomic mass is 10.1. The zero-order valence-electron chi connectivity index (χ0n) is 16.8. The van der Waals surface area contributed by atoms with Crippen LogP contribution in [-0.2, 0) is 10.0 Å². The fourth-order valence-electron chi connectivity index (χ4n) is 2.86. The Balaban J connectivity index is 1.88. The predicted octanol–water partition coefficient (Wildman–Crippen LogP) is 4.37. The third-order valence-corrected chi connectivity index (χ3v) is 6.13. The van der Waals surface area contributed by atoms with Gasteiger partial charge in [0.2, 0.25) is 0 Å². The number of amides is 1. The van der Waals surface area contributed by atoms with Crippen LogP contribution in [-0.4, -0.2) is 19.3 Å². The van der Waals surface area contributed by atoms with Crippen molar-refractivity contribution in [2.24, 2.45) is 0 Å². The monoisotopic (exact) mass is 409 g/mol. The second-order valence-electron chi connectivity index (χ2n) is 7.04. The average Bonchev–Trinajstić information content (AvgIpc) is 2.64. The van der Waals surface area contributed by atoms with Gasteiger partial charge in [0.15, 0.2) is 0 Å². The topological polar surface area (TPSA) is 88.2 Å². The molecule has 0 spiro atoms. The van der Waals surface area contributed by atoms with Crippen molar-refractivity contribution in [3.05, 3.63) is 82.7 Å². The number of rotatable bonds is 5. The molecule has 7 heteroatoms. The highest BCUT2D eigenvalue weighted by Gasteiger charge is 2.19. The van der Waals surface area contributed by atoms with E-state index in [2.05, 4.69) is 15.0 Å². The Morgan fingerprint density at radius 3 is 2.34 bits per heavy atom. The molecule has 29 heavy (non-hydrogen) atoms. The van der Waals surface area contributed by atoms with E-state index in [-0.39, 0.29) is 10.5 Å². The summed E-state index contributed by atoms with van der Waals surface area (Å²) in [6, 6.07) is 13.5. The van der Waals surface area contributed by atoms with E-state index in [9.17, 15) is 13.2 Å². The molecule has 0 aliphatic rings. The van der Waals surface area contributed by atoms with Crippen LogP contribution in [0.25, 0.3) is 0 Å². The van der Waals surface area contributed by atoms with Gasteiger partial charge < -0.3 is 5.32 Å². The lowest BCUT2D eigenvalue weighted by Crippen LogP contribution is -2.17. The van der Waals surface area contributed by atoms with Gasteiger partial charge >= 0.3 is 0 Å². The van der Waals surface area contributed by atoms with E-state index < -0.39 is 15.9 Å². The first-order chi connectivity index (χ1) is 13.7. The highest BCUT2D eigenvalue weighted by molar-refractivity contribution is 7.92. The molecule has 3 aromatic rings. The molecule has 0 saturated heterocycles. The molecule has 1 amide bonds. The molecule has 0 bridgehead atoms.